The summed E-state index contributed by atoms with van der Waals surface area (Å²) in [6.07, 6.45) is -0.273. The summed E-state index contributed by atoms with van der Waals surface area (Å²) in [5.74, 6) is -0.356. The van der Waals surface area contributed by atoms with Crippen molar-refractivity contribution in [3.05, 3.63) is 66.2 Å². The Morgan fingerprint density at radius 2 is 1.53 bits per heavy atom. The highest BCUT2D eigenvalue weighted by molar-refractivity contribution is 7.66. The van der Waals surface area contributed by atoms with Gasteiger partial charge in [-0.3, -0.25) is 9.36 Å². The third kappa shape index (κ3) is 3.53. The third-order valence-electron chi connectivity index (χ3n) is 2.65. The molecule has 4 nitrogen and oxygen atoms in total. The van der Waals surface area contributed by atoms with E-state index in [1.54, 1.807) is 60.7 Å². The summed E-state index contributed by atoms with van der Waals surface area (Å²) in [5.41, 5.74) is 0.468. The first-order chi connectivity index (χ1) is 9.09. The molecule has 0 saturated carbocycles. The number of hydrogen-bond donors (Lipinski definition) is 2. The largest absolute Gasteiger partial charge is 0.342 e. The minimum Gasteiger partial charge on any atom is -0.342 e. The Hall–Kier alpha value is -1.90. The van der Waals surface area contributed by atoms with Crippen LogP contribution in [0.3, 0.4) is 0 Å². The van der Waals surface area contributed by atoms with E-state index in [1.165, 1.54) is 0 Å². The number of nitrogens with one attached hydrogen (secondary N) is 1. The van der Waals surface area contributed by atoms with Crippen molar-refractivity contribution in [1.29, 1.82) is 0 Å². The standard InChI is InChI=1S/C14H14NO3P/c16-14(12-7-3-1-4-8-12)15-11-19(17,18)13-9-5-2-6-10-13/h1-10H,11H2,(H,15,16)(H,17,18). The molecule has 1 amide bonds. The molecule has 2 aromatic carbocycles. The molecule has 0 fully saturated rings. The molecule has 0 aliphatic rings. The molecule has 0 bridgehead atoms. The van der Waals surface area contributed by atoms with Crippen LogP contribution in [0.2, 0.25) is 0 Å². The minimum atomic E-state index is -3.55. The van der Waals surface area contributed by atoms with Crippen molar-refractivity contribution in [2.75, 3.05) is 6.29 Å². The van der Waals surface area contributed by atoms with Crippen LogP contribution in [0.5, 0.6) is 0 Å². The Morgan fingerprint density at radius 1 is 1.00 bits per heavy atom. The summed E-state index contributed by atoms with van der Waals surface area (Å²) >= 11 is 0. The van der Waals surface area contributed by atoms with Gasteiger partial charge in [0.25, 0.3) is 5.91 Å². The summed E-state index contributed by atoms with van der Waals surface area (Å²) in [4.78, 5) is 21.7. The molecule has 1 unspecified atom stereocenters. The number of rotatable bonds is 4. The van der Waals surface area contributed by atoms with Crippen LogP contribution in [0.4, 0.5) is 0 Å². The summed E-state index contributed by atoms with van der Waals surface area (Å²) in [6, 6.07) is 16.9. The van der Waals surface area contributed by atoms with Crippen molar-refractivity contribution in [1.82, 2.24) is 5.32 Å². The Kier molecular flexibility index (Phi) is 4.15. The van der Waals surface area contributed by atoms with Crippen LogP contribution in [-0.4, -0.2) is 17.1 Å². The van der Waals surface area contributed by atoms with E-state index in [0.717, 1.165) is 0 Å². The second kappa shape index (κ2) is 5.83. The van der Waals surface area contributed by atoms with Gasteiger partial charge in [-0.15, -0.1) is 0 Å². The fourth-order valence-electron chi connectivity index (χ4n) is 1.62. The van der Waals surface area contributed by atoms with Crippen molar-refractivity contribution in [3.8, 4) is 0 Å². The normalized spacial score (nSPS) is 13.5. The number of carbonyl (C=O) groups excluding carboxylic acids is 1. The quantitative estimate of drug-likeness (QED) is 0.838. The van der Waals surface area contributed by atoms with Crippen molar-refractivity contribution < 1.29 is 14.3 Å². The van der Waals surface area contributed by atoms with E-state index in [0.29, 0.717) is 10.9 Å². The molecule has 0 aliphatic carbocycles. The van der Waals surface area contributed by atoms with Crippen molar-refractivity contribution in [3.63, 3.8) is 0 Å². The van der Waals surface area contributed by atoms with Crippen LogP contribution in [0.15, 0.2) is 60.7 Å². The third-order valence-corrected chi connectivity index (χ3v) is 4.34. The maximum atomic E-state index is 12.1. The van der Waals surface area contributed by atoms with Crippen LogP contribution in [-0.2, 0) is 4.57 Å². The Bertz CT molecular complexity index is 599. The van der Waals surface area contributed by atoms with E-state index in [-0.39, 0.29) is 12.2 Å². The Morgan fingerprint density at radius 3 is 2.11 bits per heavy atom. The molecule has 19 heavy (non-hydrogen) atoms. The topological polar surface area (TPSA) is 66.4 Å². The molecule has 1 atom stereocenters. The van der Waals surface area contributed by atoms with Gasteiger partial charge in [-0.25, -0.2) is 0 Å². The average Bonchev–Trinajstić information content (AvgIpc) is 2.47. The molecule has 5 heteroatoms. The van der Waals surface area contributed by atoms with Crippen LogP contribution in [0.25, 0.3) is 0 Å². The molecule has 0 radical (unpaired) electrons. The van der Waals surface area contributed by atoms with Gasteiger partial charge in [-0.05, 0) is 24.3 Å². The predicted molar refractivity (Wildman–Crippen MR) is 74.7 cm³/mol. The minimum absolute atomic E-state index is 0.273. The highest BCUT2D eigenvalue weighted by atomic mass is 31.2. The van der Waals surface area contributed by atoms with Gasteiger partial charge in [0.1, 0.15) is 0 Å². The lowest BCUT2D eigenvalue weighted by molar-refractivity contribution is 0.0959. The average molecular weight is 275 g/mol. The molecule has 0 aromatic heterocycles. The monoisotopic (exact) mass is 275 g/mol. The molecule has 2 rings (SSSR count). The summed E-state index contributed by atoms with van der Waals surface area (Å²) in [6.45, 7) is 0. The lowest BCUT2D eigenvalue weighted by Crippen LogP contribution is -2.26. The number of benzene rings is 2. The lowest BCUT2D eigenvalue weighted by atomic mass is 10.2. The van der Waals surface area contributed by atoms with Crippen molar-refractivity contribution in [2.24, 2.45) is 0 Å². The number of carbonyl (C=O) groups is 1. The Balaban J connectivity index is 2.03. The van der Waals surface area contributed by atoms with E-state index in [1.807, 2.05) is 0 Å². The summed E-state index contributed by atoms with van der Waals surface area (Å²) in [7, 11) is -3.55. The molecule has 0 heterocycles. The van der Waals surface area contributed by atoms with Crippen LogP contribution in [0, 0.1) is 0 Å². The second-order valence-corrected chi connectivity index (χ2v) is 6.30. The Labute approximate surface area is 111 Å². The molecule has 2 aromatic rings. The molecule has 0 saturated heterocycles. The maximum absolute atomic E-state index is 12.1. The summed E-state index contributed by atoms with van der Waals surface area (Å²) in [5, 5.41) is 2.82. The molecule has 2 N–H and O–H groups in total. The maximum Gasteiger partial charge on any atom is 0.251 e. The first kappa shape index (κ1) is 13.5. The van der Waals surface area contributed by atoms with Crippen LogP contribution >= 0.6 is 7.37 Å². The summed E-state index contributed by atoms with van der Waals surface area (Å²) < 4.78 is 12.1. The van der Waals surface area contributed by atoms with E-state index in [2.05, 4.69) is 5.32 Å². The van der Waals surface area contributed by atoms with Gasteiger partial charge >= 0.3 is 0 Å². The SMILES string of the molecule is O=C(NCP(=O)(O)c1ccccc1)c1ccccc1. The lowest BCUT2D eigenvalue weighted by Gasteiger charge is -2.12. The van der Waals surface area contributed by atoms with Gasteiger partial charge < -0.3 is 10.2 Å². The van der Waals surface area contributed by atoms with Gasteiger partial charge in [-0.2, -0.15) is 0 Å². The van der Waals surface area contributed by atoms with E-state index in [4.69, 9.17) is 0 Å². The van der Waals surface area contributed by atoms with E-state index in [9.17, 15) is 14.3 Å². The smallest absolute Gasteiger partial charge is 0.251 e. The molecule has 98 valence electrons. The zero-order valence-corrected chi connectivity index (χ0v) is 11.1. The van der Waals surface area contributed by atoms with Crippen LogP contribution in [0.1, 0.15) is 10.4 Å². The zero-order chi connectivity index (χ0) is 13.7. The molecular weight excluding hydrogens is 261 g/mol. The van der Waals surface area contributed by atoms with Gasteiger partial charge in [-0.1, -0.05) is 36.4 Å². The molecular formula is C14H14NO3P. The highest BCUT2D eigenvalue weighted by Gasteiger charge is 2.21. The zero-order valence-electron chi connectivity index (χ0n) is 10.2. The molecule has 0 spiro atoms. The fourth-order valence-corrected chi connectivity index (χ4v) is 2.80. The van der Waals surface area contributed by atoms with E-state index < -0.39 is 7.37 Å². The highest BCUT2D eigenvalue weighted by Crippen LogP contribution is 2.37. The number of hydrogen-bond acceptors (Lipinski definition) is 2. The van der Waals surface area contributed by atoms with Gasteiger partial charge in [0.2, 0.25) is 7.37 Å². The van der Waals surface area contributed by atoms with Gasteiger partial charge in [0, 0.05) is 10.9 Å². The van der Waals surface area contributed by atoms with Crippen molar-refractivity contribution in [2.45, 2.75) is 0 Å². The van der Waals surface area contributed by atoms with E-state index >= 15 is 0 Å². The van der Waals surface area contributed by atoms with Crippen molar-refractivity contribution >= 4 is 18.6 Å². The van der Waals surface area contributed by atoms with Gasteiger partial charge in [0.15, 0.2) is 0 Å². The number of amides is 1. The first-order valence-electron chi connectivity index (χ1n) is 5.80. The fraction of sp³-hybridized carbons (Fsp3) is 0.0714. The molecule has 0 aliphatic heterocycles. The second-order valence-electron chi connectivity index (χ2n) is 4.07. The van der Waals surface area contributed by atoms with Crippen LogP contribution < -0.4 is 10.6 Å². The van der Waals surface area contributed by atoms with Gasteiger partial charge in [0.05, 0.1) is 6.29 Å². The first-order valence-corrected chi connectivity index (χ1v) is 7.65. The predicted octanol–water partition coefficient (Wildman–Crippen LogP) is 1.97.